The average molecular weight is 343 g/mol. The highest BCUT2D eigenvalue weighted by atomic mass is 19.1. The number of urea groups is 1. The topological polar surface area (TPSA) is 52.6 Å². The summed E-state index contributed by atoms with van der Waals surface area (Å²) < 4.78 is 13.5. The van der Waals surface area contributed by atoms with Crippen LogP contribution >= 0.6 is 0 Å². The lowest BCUT2D eigenvalue weighted by Gasteiger charge is -2.36. The zero-order valence-corrected chi connectivity index (χ0v) is 14.7. The van der Waals surface area contributed by atoms with E-state index in [1.54, 1.807) is 31.1 Å². The van der Waals surface area contributed by atoms with Crippen LogP contribution in [0, 0.1) is 12.7 Å². The van der Waals surface area contributed by atoms with E-state index in [0.29, 0.717) is 37.6 Å². The van der Waals surface area contributed by atoms with Crippen molar-refractivity contribution in [3.05, 3.63) is 41.8 Å². The highest BCUT2D eigenvalue weighted by molar-refractivity contribution is 5.74. The van der Waals surface area contributed by atoms with Crippen LogP contribution in [0.4, 0.5) is 15.0 Å². The van der Waals surface area contributed by atoms with Crippen molar-refractivity contribution in [1.82, 2.24) is 19.8 Å². The number of halogens is 1. The summed E-state index contributed by atoms with van der Waals surface area (Å²) in [6.45, 7) is 4.61. The molecule has 3 rings (SSSR count). The average Bonchev–Trinajstić information content (AvgIpc) is 2.60. The van der Waals surface area contributed by atoms with Crippen molar-refractivity contribution in [2.75, 3.05) is 45.2 Å². The number of piperazine rings is 1. The van der Waals surface area contributed by atoms with E-state index < -0.39 is 0 Å². The Hall–Kier alpha value is -2.70. The lowest BCUT2D eigenvalue weighted by molar-refractivity contribution is 0.168. The highest BCUT2D eigenvalue weighted by Gasteiger charge is 2.23. The van der Waals surface area contributed by atoms with E-state index in [1.165, 1.54) is 12.1 Å². The molecule has 0 unspecified atom stereocenters. The predicted octanol–water partition coefficient (Wildman–Crippen LogP) is 2.39. The molecule has 0 radical (unpaired) electrons. The molecule has 0 N–H and O–H groups in total. The predicted molar refractivity (Wildman–Crippen MR) is 95.0 cm³/mol. The molecule has 0 aliphatic carbocycles. The fourth-order valence-electron chi connectivity index (χ4n) is 2.88. The van der Waals surface area contributed by atoms with Crippen molar-refractivity contribution >= 4 is 11.8 Å². The lowest BCUT2D eigenvalue weighted by Crippen LogP contribution is -2.51. The molecule has 0 saturated carbocycles. The normalized spacial score (nSPS) is 14.6. The van der Waals surface area contributed by atoms with Gasteiger partial charge in [-0.15, -0.1) is 0 Å². The van der Waals surface area contributed by atoms with Gasteiger partial charge in [-0.25, -0.2) is 19.2 Å². The largest absolute Gasteiger partial charge is 0.353 e. The third-order valence-corrected chi connectivity index (χ3v) is 4.18. The van der Waals surface area contributed by atoms with Crippen LogP contribution in [0.2, 0.25) is 0 Å². The summed E-state index contributed by atoms with van der Waals surface area (Å²) >= 11 is 0. The van der Waals surface area contributed by atoms with Gasteiger partial charge in [-0.2, -0.15) is 0 Å². The van der Waals surface area contributed by atoms with E-state index in [0.717, 1.165) is 11.5 Å². The van der Waals surface area contributed by atoms with Crippen LogP contribution in [0.5, 0.6) is 0 Å². The summed E-state index contributed by atoms with van der Waals surface area (Å²) in [7, 11) is 3.52. The van der Waals surface area contributed by atoms with Crippen LogP contribution in [-0.2, 0) is 0 Å². The molecule has 132 valence electrons. The van der Waals surface area contributed by atoms with Gasteiger partial charge < -0.3 is 14.7 Å². The van der Waals surface area contributed by atoms with Crippen molar-refractivity contribution in [2.45, 2.75) is 6.92 Å². The Kier molecular flexibility index (Phi) is 4.83. The van der Waals surface area contributed by atoms with Crippen molar-refractivity contribution in [3.63, 3.8) is 0 Å². The van der Waals surface area contributed by atoms with Crippen molar-refractivity contribution in [3.8, 4) is 11.4 Å². The van der Waals surface area contributed by atoms with E-state index in [9.17, 15) is 9.18 Å². The number of carbonyl (C=O) groups is 1. The number of nitrogens with zero attached hydrogens (tertiary/aromatic N) is 5. The minimum Gasteiger partial charge on any atom is -0.353 e. The Labute approximate surface area is 146 Å². The Morgan fingerprint density at radius 3 is 2.48 bits per heavy atom. The first kappa shape index (κ1) is 17.1. The molecule has 1 fully saturated rings. The maximum Gasteiger partial charge on any atom is 0.319 e. The zero-order valence-electron chi connectivity index (χ0n) is 14.7. The van der Waals surface area contributed by atoms with Crippen molar-refractivity contribution in [1.29, 1.82) is 0 Å². The van der Waals surface area contributed by atoms with Crippen LogP contribution in [0.3, 0.4) is 0 Å². The fraction of sp³-hybridized carbons (Fsp3) is 0.389. The van der Waals surface area contributed by atoms with Gasteiger partial charge in [0.25, 0.3) is 0 Å². The molecule has 1 saturated heterocycles. The quantitative estimate of drug-likeness (QED) is 0.840. The molecular formula is C18H22FN5O. The molecule has 6 nitrogen and oxygen atoms in total. The Balaban J connectivity index is 1.79. The second kappa shape index (κ2) is 7.04. The molecule has 2 aromatic rings. The van der Waals surface area contributed by atoms with Crippen LogP contribution in [-0.4, -0.2) is 66.1 Å². The molecule has 0 atom stereocenters. The molecular weight excluding hydrogens is 321 g/mol. The maximum absolute atomic E-state index is 13.5. The van der Waals surface area contributed by atoms with Crippen LogP contribution < -0.4 is 4.90 Å². The second-order valence-electron chi connectivity index (χ2n) is 6.35. The van der Waals surface area contributed by atoms with Gasteiger partial charge in [0.05, 0.1) is 0 Å². The summed E-state index contributed by atoms with van der Waals surface area (Å²) in [6, 6.07) is 8.25. The number of benzene rings is 1. The monoisotopic (exact) mass is 343 g/mol. The zero-order chi connectivity index (χ0) is 18.0. The molecule has 2 amide bonds. The number of carbonyl (C=O) groups excluding carboxylic acids is 1. The lowest BCUT2D eigenvalue weighted by atomic mass is 10.2. The molecule has 7 heteroatoms. The Bertz CT molecular complexity index is 772. The summed E-state index contributed by atoms with van der Waals surface area (Å²) in [5.41, 5.74) is 1.49. The van der Waals surface area contributed by atoms with Crippen LogP contribution in [0.25, 0.3) is 11.4 Å². The van der Waals surface area contributed by atoms with Gasteiger partial charge in [0.15, 0.2) is 5.82 Å². The molecule has 0 bridgehead atoms. The highest BCUT2D eigenvalue weighted by Crippen LogP contribution is 2.22. The molecule has 1 aromatic carbocycles. The summed E-state index contributed by atoms with van der Waals surface area (Å²) in [5.74, 6) is 1.02. The van der Waals surface area contributed by atoms with E-state index >= 15 is 0 Å². The van der Waals surface area contributed by atoms with Gasteiger partial charge in [-0.3, -0.25) is 0 Å². The number of anilines is 1. The maximum atomic E-state index is 13.5. The van der Waals surface area contributed by atoms with E-state index in [-0.39, 0.29) is 11.8 Å². The van der Waals surface area contributed by atoms with Crippen LogP contribution in [0.1, 0.15) is 5.69 Å². The molecule has 1 aromatic heterocycles. The number of aryl methyl sites for hydroxylation is 1. The number of amides is 2. The molecule has 1 aliphatic rings. The van der Waals surface area contributed by atoms with Crippen LogP contribution in [0.15, 0.2) is 30.3 Å². The van der Waals surface area contributed by atoms with Crippen molar-refractivity contribution in [2.24, 2.45) is 0 Å². The number of rotatable bonds is 2. The second-order valence-corrected chi connectivity index (χ2v) is 6.35. The molecule has 2 heterocycles. The molecule has 0 spiro atoms. The number of hydrogen-bond donors (Lipinski definition) is 0. The van der Waals surface area contributed by atoms with Gasteiger partial charge in [0, 0.05) is 57.6 Å². The van der Waals surface area contributed by atoms with E-state index in [1.807, 2.05) is 17.9 Å². The first-order valence-electron chi connectivity index (χ1n) is 8.27. The van der Waals surface area contributed by atoms with Gasteiger partial charge in [0.1, 0.15) is 11.6 Å². The molecule has 1 aliphatic heterocycles. The standard InChI is InChI=1S/C18H22FN5O/c1-13-11-16(21-17(20-13)14-5-4-6-15(19)12-14)23-7-9-24(10-8-23)18(25)22(2)3/h4-6,11-12H,7-10H2,1-3H3. The SMILES string of the molecule is Cc1cc(N2CCN(C(=O)N(C)C)CC2)nc(-c2cccc(F)c2)n1. The fourth-order valence-corrected chi connectivity index (χ4v) is 2.88. The minimum atomic E-state index is -0.306. The third kappa shape index (κ3) is 3.87. The van der Waals surface area contributed by atoms with Gasteiger partial charge in [-0.05, 0) is 19.1 Å². The van der Waals surface area contributed by atoms with Gasteiger partial charge in [0.2, 0.25) is 0 Å². The molecule has 25 heavy (non-hydrogen) atoms. The Morgan fingerprint density at radius 1 is 1.12 bits per heavy atom. The summed E-state index contributed by atoms with van der Waals surface area (Å²) in [4.78, 5) is 26.6. The van der Waals surface area contributed by atoms with Gasteiger partial charge >= 0.3 is 6.03 Å². The Morgan fingerprint density at radius 2 is 1.84 bits per heavy atom. The number of aromatic nitrogens is 2. The summed E-state index contributed by atoms with van der Waals surface area (Å²) in [6.07, 6.45) is 0. The first-order chi connectivity index (χ1) is 11.9. The van der Waals surface area contributed by atoms with E-state index in [4.69, 9.17) is 0 Å². The smallest absolute Gasteiger partial charge is 0.319 e. The first-order valence-corrected chi connectivity index (χ1v) is 8.27. The minimum absolute atomic E-state index is 0.0268. The van der Waals surface area contributed by atoms with Gasteiger partial charge in [-0.1, -0.05) is 12.1 Å². The summed E-state index contributed by atoms with van der Waals surface area (Å²) in [5, 5.41) is 0. The number of hydrogen-bond acceptors (Lipinski definition) is 4. The van der Waals surface area contributed by atoms with E-state index in [2.05, 4.69) is 14.9 Å². The third-order valence-electron chi connectivity index (χ3n) is 4.18. The van der Waals surface area contributed by atoms with Crippen molar-refractivity contribution < 1.29 is 9.18 Å².